The molecule has 0 fully saturated rings. The Balaban J connectivity index is 2.70. The minimum atomic E-state index is -0.197. The maximum atomic E-state index is 5.65. The van der Waals surface area contributed by atoms with Gasteiger partial charge in [0, 0.05) is 13.3 Å². The van der Waals surface area contributed by atoms with Crippen molar-refractivity contribution in [2.75, 3.05) is 0 Å². The molecule has 0 aromatic carbocycles. The maximum absolute atomic E-state index is 5.65. The molecule has 0 aliphatic heterocycles. The summed E-state index contributed by atoms with van der Waals surface area (Å²) in [5.41, 5.74) is 6.38. The van der Waals surface area contributed by atoms with Gasteiger partial charge in [0.15, 0.2) is 5.89 Å². The Kier molecular flexibility index (Phi) is 2.29. The fraction of sp³-hybridized carbons (Fsp3) is 0.375. The highest BCUT2D eigenvalue weighted by Gasteiger charge is 2.07. The van der Waals surface area contributed by atoms with E-state index in [0.717, 1.165) is 5.69 Å². The first-order valence-electron chi connectivity index (χ1n) is 3.35. The molecule has 1 unspecified atom stereocenters. The molecular weight excluding hydrogens is 140 g/mol. The molecule has 3 nitrogen and oxygen atoms in total. The van der Waals surface area contributed by atoms with Gasteiger partial charge < -0.3 is 10.2 Å². The summed E-state index contributed by atoms with van der Waals surface area (Å²) in [4.78, 5) is 4.04. The molecule has 58 valence electrons. The fourth-order valence-electron chi connectivity index (χ4n) is 0.782. The van der Waals surface area contributed by atoms with Crippen molar-refractivity contribution in [2.24, 2.45) is 5.73 Å². The molecule has 1 aromatic heterocycles. The van der Waals surface area contributed by atoms with Gasteiger partial charge in [-0.15, -0.1) is 12.3 Å². The fourth-order valence-corrected chi connectivity index (χ4v) is 0.782. The second-order valence-corrected chi connectivity index (χ2v) is 2.31. The summed E-state index contributed by atoms with van der Waals surface area (Å²) in [5.74, 6) is 3.09. The van der Waals surface area contributed by atoms with Crippen LogP contribution in [0, 0.1) is 19.3 Å². The van der Waals surface area contributed by atoms with Crippen LogP contribution in [-0.2, 0) is 0 Å². The van der Waals surface area contributed by atoms with Gasteiger partial charge in [-0.3, -0.25) is 0 Å². The van der Waals surface area contributed by atoms with Crippen molar-refractivity contribution in [1.82, 2.24) is 4.98 Å². The lowest BCUT2D eigenvalue weighted by molar-refractivity contribution is 0.519. The Labute approximate surface area is 65.6 Å². The zero-order chi connectivity index (χ0) is 8.27. The van der Waals surface area contributed by atoms with Crippen molar-refractivity contribution in [2.45, 2.75) is 19.4 Å². The first-order valence-corrected chi connectivity index (χ1v) is 3.35. The molecule has 0 amide bonds. The van der Waals surface area contributed by atoms with Crippen molar-refractivity contribution in [1.29, 1.82) is 0 Å². The van der Waals surface area contributed by atoms with Crippen LogP contribution < -0.4 is 5.73 Å². The van der Waals surface area contributed by atoms with Gasteiger partial charge in [-0.2, -0.15) is 0 Å². The zero-order valence-electron chi connectivity index (χ0n) is 6.37. The molecule has 1 atom stereocenters. The number of nitrogens with zero attached hydrogens (tertiary/aromatic N) is 1. The van der Waals surface area contributed by atoms with Crippen molar-refractivity contribution < 1.29 is 4.42 Å². The normalized spacial score (nSPS) is 12.5. The first-order chi connectivity index (χ1) is 5.24. The summed E-state index contributed by atoms with van der Waals surface area (Å²) in [5, 5.41) is 0. The Hall–Kier alpha value is -1.27. The van der Waals surface area contributed by atoms with Gasteiger partial charge in [0.2, 0.25) is 0 Å². The minimum Gasteiger partial charge on any atom is -0.449 e. The van der Waals surface area contributed by atoms with Crippen molar-refractivity contribution >= 4 is 0 Å². The third kappa shape index (κ3) is 1.82. The third-order valence-corrected chi connectivity index (χ3v) is 1.35. The molecule has 0 bridgehead atoms. The molecule has 0 saturated carbocycles. The lowest BCUT2D eigenvalue weighted by Crippen LogP contribution is -2.09. The molecular formula is C8H10N2O. The van der Waals surface area contributed by atoms with E-state index in [-0.39, 0.29) is 6.04 Å². The van der Waals surface area contributed by atoms with Crippen molar-refractivity contribution in [3.8, 4) is 12.3 Å². The summed E-state index contributed by atoms with van der Waals surface area (Å²) >= 11 is 0. The predicted octanol–water partition coefficient (Wildman–Crippen LogP) is 1.01. The van der Waals surface area contributed by atoms with E-state index in [1.165, 1.54) is 6.26 Å². The average Bonchev–Trinajstić information content (AvgIpc) is 2.36. The Morgan fingerprint density at radius 1 is 1.91 bits per heavy atom. The molecule has 3 heteroatoms. The minimum absolute atomic E-state index is 0.197. The average molecular weight is 150 g/mol. The van der Waals surface area contributed by atoms with Crippen LogP contribution in [-0.4, -0.2) is 4.98 Å². The number of terminal acetylenes is 1. The van der Waals surface area contributed by atoms with E-state index in [4.69, 9.17) is 16.6 Å². The van der Waals surface area contributed by atoms with Gasteiger partial charge in [0.1, 0.15) is 6.26 Å². The Morgan fingerprint density at radius 3 is 3.09 bits per heavy atom. The number of hydrogen-bond donors (Lipinski definition) is 1. The molecule has 0 radical (unpaired) electrons. The number of hydrogen-bond acceptors (Lipinski definition) is 3. The number of aryl methyl sites for hydroxylation is 1. The molecule has 1 heterocycles. The van der Waals surface area contributed by atoms with E-state index >= 15 is 0 Å². The molecule has 2 N–H and O–H groups in total. The van der Waals surface area contributed by atoms with Crippen molar-refractivity contribution in [3.05, 3.63) is 17.8 Å². The lowest BCUT2D eigenvalue weighted by Gasteiger charge is -2.00. The monoisotopic (exact) mass is 150 g/mol. The second kappa shape index (κ2) is 3.22. The maximum Gasteiger partial charge on any atom is 0.191 e. The van der Waals surface area contributed by atoms with E-state index < -0.39 is 0 Å². The van der Waals surface area contributed by atoms with Crippen LogP contribution in [0.1, 0.15) is 24.0 Å². The Morgan fingerprint density at radius 2 is 2.64 bits per heavy atom. The van der Waals surface area contributed by atoms with E-state index in [1.807, 2.05) is 0 Å². The van der Waals surface area contributed by atoms with Crippen LogP contribution in [0.25, 0.3) is 0 Å². The highest BCUT2D eigenvalue weighted by atomic mass is 16.3. The van der Waals surface area contributed by atoms with Crippen LogP contribution >= 0.6 is 0 Å². The van der Waals surface area contributed by atoms with Gasteiger partial charge in [0.25, 0.3) is 0 Å². The third-order valence-electron chi connectivity index (χ3n) is 1.35. The largest absolute Gasteiger partial charge is 0.449 e. The smallest absolute Gasteiger partial charge is 0.191 e. The van der Waals surface area contributed by atoms with Gasteiger partial charge in [-0.25, -0.2) is 4.98 Å². The van der Waals surface area contributed by atoms with E-state index in [9.17, 15) is 0 Å². The van der Waals surface area contributed by atoms with Crippen LogP contribution in [0.15, 0.2) is 10.7 Å². The number of oxazole rings is 1. The predicted molar refractivity (Wildman–Crippen MR) is 41.6 cm³/mol. The van der Waals surface area contributed by atoms with Gasteiger partial charge in [-0.05, 0) is 0 Å². The molecule has 1 rings (SSSR count). The number of rotatable bonds is 2. The molecule has 0 saturated heterocycles. The first kappa shape index (κ1) is 7.83. The molecule has 1 aromatic rings. The van der Waals surface area contributed by atoms with Gasteiger partial charge in [0.05, 0.1) is 11.7 Å². The standard InChI is InChI=1S/C8H10N2O/c1-3-4-7(9)8-5-11-6(2)10-8/h1,5,7H,4,9H2,2H3. The number of nitrogens with two attached hydrogens (primary N) is 1. The summed E-state index contributed by atoms with van der Waals surface area (Å²) in [7, 11) is 0. The van der Waals surface area contributed by atoms with Crippen LogP contribution in [0.5, 0.6) is 0 Å². The highest BCUT2D eigenvalue weighted by molar-refractivity contribution is 5.05. The highest BCUT2D eigenvalue weighted by Crippen LogP contribution is 2.11. The lowest BCUT2D eigenvalue weighted by atomic mass is 10.2. The Bertz CT molecular complexity index is 272. The number of aromatic nitrogens is 1. The van der Waals surface area contributed by atoms with Gasteiger partial charge >= 0.3 is 0 Å². The molecule has 0 aliphatic carbocycles. The van der Waals surface area contributed by atoms with E-state index in [0.29, 0.717) is 12.3 Å². The van der Waals surface area contributed by atoms with Gasteiger partial charge in [-0.1, -0.05) is 0 Å². The summed E-state index contributed by atoms with van der Waals surface area (Å²) < 4.78 is 4.97. The summed E-state index contributed by atoms with van der Waals surface area (Å²) in [6.07, 6.45) is 7.12. The van der Waals surface area contributed by atoms with E-state index in [2.05, 4.69) is 10.9 Å². The van der Waals surface area contributed by atoms with Crippen LogP contribution in [0.2, 0.25) is 0 Å². The second-order valence-electron chi connectivity index (χ2n) is 2.31. The summed E-state index contributed by atoms with van der Waals surface area (Å²) in [6.45, 7) is 1.77. The zero-order valence-corrected chi connectivity index (χ0v) is 6.37. The SMILES string of the molecule is C#CCC(N)c1coc(C)n1. The molecule has 0 spiro atoms. The van der Waals surface area contributed by atoms with Crippen LogP contribution in [0.3, 0.4) is 0 Å². The molecule has 0 aliphatic rings. The van der Waals surface area contributed by atoms with Crippen molar-refractivity contribution in [3.63, 3.8) is 0 Å². The quantitative estimate of drug-likeness (QED) is 0.640. The van der Waals surface area contributed by atoms with E-state index in [1.54, 1.807) is 6.92 Å². The molecule has 11 heavy (non-hydrogen) atoms. The topological polar surface area (TPSA) is 52.0 Å². The van der Waals surface area contributed by atoms with Crippen LogP contribution in [0.4, 0.5) is 0 Å². The summed E-state index contributed by atoms with van der Waals surface area (Å²) in [6, 6.07) is -0.197.